The van der Waals surface area contributed by atoms with Crippen LogP contribution in [-0.2, 0) is 16.6 Å². The maximum Gasteiger partial charge on any atom is 0.327 e. The molecule has 1 atom stereocenters. The zero-order valence-electron chi connectivity index (χ0n) is 9.31. The molecule has 1 unspecified atom stereocenters. The van der Waals surface area contributed by atoms with Crippen LogP contribution >= 0.6 is 0 Å². The second-order valence-electron chi connectivity index (χ2n) is 3.75. The van der Waals surface area contributed by atoms with Gasteiger partial charge in [0.1, 0.15) is 6.04 Å². The number of hydrogen-bond donors (Lipinski definition) is 1. The van der Waals surface area contributed by atoms with Crippen molar-refractivity contribution in [2.45, 2.75) is 6.04 Å². The summed E-state index contributed by atoms with van der Waals surface area (Å²) in [6.45, 7) is 0. The summed E-state index contributed by atoms with van der Waals surface area (Å²) < 4.78 is 6.61. The van der Waals surface area contributed by atoms with Crippen molar-refractivity contribution in [3.63, 3.8) is 0 Å². The molecule has 0 amide bonds. The number of carbonyl (C=O) groups is 1. The van der Waals surface area contributed by atoms with Gasteiger partial charge in [0.15, 0.2) is 0 Å². The van der Waals surface area contributed by atoms with Crippen LogP contribution in [0.2, 0.25) is 0 Å². The van der Waals surface area contributed by atoms with E-state index in [1.165, 1.54) is 7.11 Å². The molecule has 0 bridgehead atoms. The van der Waals surface area contributed by atoms with E-state index in [4.69, 9.17) is 5.73 Å². The Morgan fingerprint density at radius 1 is 1.44 bits per heavy atom. The monoisotopic (exact) mass is 218 g/mol. The quantitative estimate of drug-likeness (QED) is 0.774. The number of benzene rings is 1. The van der Waals surface area contributed by atoms with Crippen LogP contribution in [-0.4, -0.2) is 17.6 Å². The molecule has 1 aromatic heterocycles. The Morgan fingerprint density at radius 2 is 2.19 bits per heavy atom. The average molecular weight is 218 g/mol. The van der Waals surface area contributed by atoms with Gasteiger partial charge in [-0.3, -0.25) is 4.79 Å². The lowest BCUT2D eigenvalue weighted by molar-refractivity contribution is -0.142. The maximum absolute atomic E-state index is 11.3. The summed E-state index contributed by atoms with van der Waals surface area (Å²) in [5.41, 5.74) is 7.59. The molecule has 4 heteroatoms. The van der Waals surface area contributed by atoms with Gasteiger partial charge in [-0.2, -0.15) is 0 Å². The van der Waals surface area contributed by atoms with E-state index in [-0.39, 0.29) is 0 Å². The second kappa shape index (κ2) is 3.98. The lowest BCUT2D eigenvalue weighted by Crippen LogP contribution is -2.22. The SMILES string of the molecule is COC(=O)C(N)c1ccc2ccn(C)c2c1. The zero-order chi connectivity index (χ0) is 11.7. The number of ether oxygens (including phenoxy) is 1. The zero-order valence-corrected chi connectivity index (χ0v) is 9.31. The first-order valence-electron chi connectivity index (χ1n) is 5.02. The first kappa shape index (κ1) is 10.7. The molecule has 1 aromatic carbocycles. The van der Waals surface area contributed by atoms with Crippen molar-refractivity contribution in [1.82, 2.24) is 4.57 Å². The number of carbonyl (C=O) groups excluding carboxylic acids is 1. The third-order valence-electron chi connectivity index (χ3n) is 2.73. The number of nitrogens with zero attached hydrogens (tertiary/aromatic N) is 1. The van der Waals surface area contributed by atoms with Crippen molar-refractivity contribution in [2.75, 3.05) is 7.11 Å². The van der Waals surface area contributed by atoms with Crippen molar-refractivity contribution >= 4 is 16.9 Å². The Balaban J connectivity index is 2.45. The molecule has 0 saturated heterocycles. The Kier molecular flexibility index (Phi) is 2.66. The lowest BCUT2D eigenvalue weighted by Gasteiger charge is -2.09. The number of nitrogens with two attached hydrogens (primary N) is 1. The highest BCUT2D eigenvalue weighted by Crippen LogP contribution is 2.20. The molecular formula is C12H14N2O2. The number of esters is 1. The fourth-order valence-corrected chi connectivity index (χ4v) is 1.74. The van der Waals surface area contributed by atoms with Gasteiger partial charge in [0, 0.05) is 18.8 Å². The van der Waals surface area contributed by atoms with Gasteiger partial charge in [-0.05, 0) is 23.1 Å². The third kappa shape index (κ3) is 1.67. The molecule has 2 rings (SSSR count). The van der Waals surface area contributed by atoms with Crippen LogP contribution in [0.5, 0.6) is 0 Å². The van der Waals surface area contributed by atoms with Gasteiger partial charge in [0.25, 0.3) is 0 Å². The minimum absolute atomic E-state index is 0.423. The van der Waals surface area contributed by atoms with Crippen LogP contribution in [0.4, 0.5) is 0 Å². The van der Waals surface area contributed by atoms with Crippen molar-refractivity contribution < 1.29 is 9.53 Å². The maximum atomic E-state index is 11.3. The fourth-order valence-electron chi connectivity index (χ4n) is 1.74. The van der Waals surface area contributed by atoms with Crippen LogP contribution in [0.15, 0.2) is 30.5 Å². The molecule has 4 nitrogen and oxygen atoms in total. The predicted molar refractivity (Wildman–Crippen MR) is 61.9 cm³/mol. The van der Waals surface area contributed by atoms with E-state index in [9.17, 15) is 4.79 Å². The highest BCUT2D eigenvalue weighted by molar-refractivity contribution is 5.84. The number of fused-ring (bicyclic) bond motifs is 1. The van der Waals surface area contributed by atoms with E-state index in [0.717, 1.165) is 16.5 Å². The van der Waals surface area contributed by atoms with E-state index in [1.54, 1.807) is 0 Å². The molecule has 0 radical (unpaired) electrons. The Hall–Kier alpha value is -1.81. The van der Waals surface area contributed by atoms with Crippen LogP contribution in [0, 0.1) is 0 Å². The lowest BCUT2D eigenvalue weighted by atomic mass is 10.1. The van der Waals surface area contributed by atoms with Gasteiger partial charge in [-0.25, -0.2) is 0 Å². The molecular weight excluding hydrogens is 204 g/mol. The van der Waals surface area contributed by atoms with E-state index in [0.29, 0.717) is 0 Å². The predicted octanol–water partition coefficient (Wildman–Crippen LogP) is 1.35. The summed E-state index contributed by atoms with van der Waals surface area (Å²) in [5, 5.41) is 1.13. The Labute approximate surface area is 93.6 Å². The fraction of sp³-hybridized carbons (Fsp3) is 0.250. The minimum Gasteiger partial charge on any atom is -0.468 e. The van der Waals surface area contributed by atoms with Crippen LogP contribution in [0.3, 0.4) is 0 Å². The number of rotatable bonds is 2. The summed E-state index contributed by atoms with van der Waals surface area (Å²) in [6.07, 6.45) is 1.97. The van der Waals surface area contributed by atoms with Crippen molar-refractivity contribution in [3.05, 3.63) is 36.0 Å². The standard InChI is InChI=1S/C12H14N2O2/c1-14-6-5-8-3-4-9(7-10(8)14)11(13)12(15)16-2/h3-7,11H,13H2,1-2H3. The summed E-state index contributed by atoms with van der Waals surface area (Å²) in [5.74, 6) is -0.423. The highest BCUT2D eigenvalue weighted by Gasteiger charge is 2.16. The van der Waals surface area contributed by atoms with Crippen LogP contribution < -0.4 is 5.73 Å². The van der Waals surface area contributed by atoms with E-state index in [1.807, 2.05) is 42.1 Å². The largest absolute Gasteiger partial charge is 0.468 e. The topological polar surface area (TPSA) is 57.2 Å². The normalized spacial score (nSPS) is 12.7. The summed E-state index contributed by atoms with van der Waals surface area (Å²) in [4.78, 5) is 11.3. The Bertz CT molecular complexity index is 531. The first-order valence-corrected chi connectivity index (χ1v) is 5.02. The molecule has 0 saturated carbocycles. The van der Waals surface area contributed by atoms with Gasteiger partial charge >= 0.3 is 5.97 Å². The molecule has 84 valence electrons. The van der Waals surface area contributed by atoms with Gasteiger partial charge in [-0.15, -0.1) is 0 Å². The van der Waals surface area contributed by atoms with Crippen molar-refractivity contribution in [1.29, 1.82) is 0 Å². The van der Waals surface area contributed by atoms with Crippen molar-refractivity contribution in [3.8, 4) is 0 Å². The molecule has 0 aliphatic heterocycles. The number of hydrogen-bond acceptors (Lipinski definition) is 3. The first-order chi connectivity index (χ1) is 7.63. The van der Waals surface area contributed by atoms with E-state index in [2.05, 4.69) is 4.74 Å². The molecule has 0 aliphatic carbocycles. The van der Waals surface area contributed by atoms with Gasteiger partial charge in [0.05, 0.1) is 7.11 Å². The molecule has 2 aromatic rings. The molecule has 2 N–H and O–H groups in total. The number of aryl methyl sites for hydroxylation is 1. The van der Waals surface area contributed by atoms with E-state index >= 15 is 0 Å². The highest BCUT2D eigenvalue weighted by atomic mass is 16.5. The Morgan fingerprint density at radius 3 is 2.88 bits per heavy atom. The van der Waals surface area contributed by atoms with Gasteiger partial charge < -0.3 is 15.0 Å². The molecule has 1 heterocycles. The molecule has 0 aliphatic rings. The molecule has 0 spiro atoms. The van der Waals surface area contributed by atoms with E-state index < -0.39 is 12.0 Å². The molecule has 0 fully saturated rings. The average Bonchev–Trinajstić information content (AvgIpc) is 2.68. The van der Waals surface area contributed by atoms with Crippen LogP contribution in [0.25, 0.3) is 10.9 Å². The van der Waals surface area contributed by atoms with Gasteiger partial charge in [0.2, 0.25) is 0 Å². The smallest absolute Gasteiger partial charge is 0.327 e. The van der Waals surface area contributed by atoms with Gasteiger partial charge in [-0.1, -0.05) is 12.1 Å². The van der Waals surface area contributed by atoms with Crippen LogP contribution in [0.1, 0.15) is 11.6 Å². The second-order valence-corrected chi connectivity index (χ2v) is 3.75. The number of aromatic nitrogens is 1. The molecule has 16 heavy (non-hydrogen) atoms. The minimum atomic E-state index is -0.718. The summed E-state index contributed by atoms with van der Waals surface area (Å²) >= 11 is 0. The summed E-state index contributed by atoms with van der Waals surface area (Å²) in [6, 6.07) is 7.01. The van der Waals surface area contributed by atoms with Crippen molar-refractivity contribution in [2.24, 2.45) is 12.8 Å². The summed E-state index contributed by atoms with van der Waals surface area (Å²) in [7, 11) is 3.29. The number of methoxy groups -OCH3 is 1. The third-order valence-corrected chi connectivity index (χ3v) is 2.73.